The fourth-order valence-electron chi connectivity index (χ4n) is 3.82. The van der Waals surface area contributed by atoms with E-state index in [4.69, 9.17) is 38.5 Å². The fraction of sp³-hybridized carbons (Fsp3) is 0.462. The van der Waals surface area contributed by atoms with Gasteiger partial charge >= 0.3 is 0 Å². The highest BCUT2D eigenvalue weighted by Crippen LogP contribution is 2.19. The molecule has 54 heavy (non-hydrogen) atoms. The third-order valence-corrected chi connectivity index (χ3v) is 5.91. The molecule has 4 bridgehead atoms. The third-order valence-electron chi connectivity index (χ3n) is 5.91. The maximum Gasteiger partial charge on any atom is 0.269 e. The van der Waals surface area contributed by atoms with Crippen molar-refractivity contribution >= 4 is 39.3 Å². The van der Waals surface area contributed by atoms with Gasteiger partial charge < -0.3 is 94.1 Å². The lowest BCUT2D eigenvalue weighted by atomic mass is 10.2. The Morgan fingerprint density at radius 1 is 0.481 bits per heavy atom. The predicted octanol–water partition coefficient (Wildman–Crippen LogP) is -10.3. The zero-order valence-corrected chi connectivity index (χ0v) is 30.7. The number of nitrogens with zero attached hydrogens (tertiary/aromatic N) is 2. The number of fused-ring (bicyclic) bond motifs is 4. The zero-order chi connectivity index (χ0) is 36.0. The van der Waals surface area contributed by atoms with Crippen molar-refractivity contribution in [3.63, 3.8) is 0 Å². The summed E-state index contributed by atoms with van der Waals surface area (Å²) in [6, 6.07) is 9.68. The summed E-state index contributed by atoms with van der Waals surface area (Å²) in [5, 5.41) is 15.6. The maximum atomic E-state index is 12.4. The number of amides is 4. The first-order chi connectivity index (χ1) is 22.5. The Balaban J connectivity index is -0.000000320. The number of pyridine rings is 2. The van der Waals surface area contributed by atoms with Gasteiger partial charge in [-0.15, -0.1) is 0 Å². The van der Waals surface area contributed by atoms with E-state index in [1.54, 1.807) is 36.4 Å². The molecule has 0 saturated heterocycles. The molecule has 0 saturated carbocycles. The third kappa shape index (κ3) is 33.9. The molecule has 316 valence electrons. The monoisotopic (exact) mass is 828 g/mol. The van der Waals surface area contributed by atoms with Crippen molar-refractivity contribution in [1.82, 2.24) is 31.2 Å². The van der Waals surface area contributed by atoms with Crippen LogP contribution in [-0.2, 0) is 9.13 Å². The van der Waals surface area contributed by atoms with Gasteiger partial charge in [-0.1, -0.05) is 12.1 Å². The van der Waals surface area contributed by atoms with Crippen LogP contribution in [0, 0.1) is 0 Å². The quantitative estimate of drug-likeness (QED) is 0.110. The van der Waals surface area contributed by atoms with E-state index in [-0.39, 0.29) is 79.3 Å². The number of rotatable bonds is 0. The van der Waals surface area contributed by atoms with Gasteiger partial charge in [-0.05, 0) is 24.3 Å². The van der Waals surface area contributed by atoms with Crippen molar-refractivity contribution in [1.29, 1.82) is 0 Å². The van der Waals surface area contributed by atoms with Crippen LogP contribution >= 0.6 is 15.6 Å². The predicted molar refractivity (Wildman–Crippen MR) is 185 cm³/mol. The van der Waals surface area contributed by atoms with Crippen molar-refractivity contribution in [2.24, 2.45) is 0 Å². The molecule has 1 aliphatic rings. The zero-order valence-electron chi connectivity index (χ0n) is 28.9. The van der Waals surface area contributed by atoms with Gasteiger partial charge in [0.2, 0.25) is 0 Å². The Bertz CT molecular complexity index is 1240. The highest BCUT2D eigenvalue weighted by molar-refractivity contribution is 7.43. The Kier molecular flexibility index (Phi) is 38.7. The van der Waals surface area contributed by atoms with E-state index < -0.39 is 15.6 Å². The van der Waals surface area contributed by atoms with Crippen LogP contribution in [0.15, 0.2) is 36.4 Å². The summed E-state index contributed by atoms with van der Waals surface area (Å²) in [6.45, 7) is 5.26. The molecule has 26 nitrogen and oxygen atoms in total. The molecule has 3 rings (SSSR count). The topological polar surface area (TPSA) is 526 Å². The Labute approximate surface area is 308 Å². The maximum absolute atomic E-state index is 12.4. The molecule has 0 aliphatic carbocycles. The van der Waals surface area contributed by atoms with Gasteiger partial charge in [0, 0.05) is 51.9 Å². The smallest absolute Gasteiger partial charge is 0.269 e. The van der Waals surface area contributed by atoms with Crippen molar-refractivity contribution in [2.75, 3.05) is 52.4 Å². The highest BCUT2D eigenvalue weighted by atomic mass is 31.2. The molecule has 0 fully saturated rings. The summed E-state index contributed by atoms with van der Waals surface area (Å²) in [4.78, 5) is 104. The van der Waals surface area contributed by atoms with E-state index >= 15 is 0 Å². The van der Waals surface area contributed by atoms with Crippen LogP contribution in [0.1, 0.15) is 67.6 Å². The number of nitrogens with two attached hydrogens (primary N) is 2. The van der Waals surface area contributed by atoms with Crippen LogP contribution < -0.4 is 41.7 Å². The summed E-state index contributed by atoms with van der Waals surface area (Å²) < 4.78 is 17.5. The summed E-state index contributed by atoms with van der Waals surface area (Å²) in [5.41, 5.74) is 0.855. The van der Waals surface area contributed by atoms with Gasteiger partial charge in [0.25, 0.3) is 39.3 Å². The minimum atomic E-state index is -4.89. The van der Waals surface area contributed by atoms with Crippen molar-refractivity contribution < 1.29 is 101 Å². The lowest BCUT2D eigenvalue weighted by Gasteiger charge is -2.09. The van der Waals surface area contributed by atoms with Crippen LogP contribution in [0.2, 0.25) is 0 Å². The second-order valence-corrected chi connectivity index (χ2v) is 11.9. The summed E-state index contributed by atoms with van der Waals surface area (Å²) >= 11 is 0. The first-order valence-corrected chi connectivity index (χ1v) is 17.8. The molecule has 0 aromatic carbocycles. The Morgan fingerprint density at radius 3 is 0.852 bits per heavy atom. The molecule has 4 amide bonds. The molecule has 2 aromatic rings. The van der Waals surface area contributed by atoms with E-state index in [0.717, 1.165) is 51.9 Å². The molecule has 0 atom stereocenters. The number of hydrogen-bond acceptors (Lipinski definition) is 10. The van der Waals surface area contributed by atoms with E-state index in [2.05, 4.69) is 41.9 Å². The molecule has 1 aliphatic heterocycles. The lowest BCUT2D eigenvalue weighted by molar-refractivity contribution is -0.655. The summed E-state index contributed by atoms with van der Waals surface area (Å²) in [6.07, 6.45) is 3.09. The van der Waals surface area contributed by atoms with Crippen LogP contribution in [0.25, 0.3) is 0 Å². The Hall–Kier alpha value is -3.92. The molecule has 24 N–H and O–H groups in total. The molecule has 0 radical (unpaired) electrons. The van der Waals surface area contributed by atoms with E-state index in [9.17, 15) is 19.2 Å². The normalized spacial score (nSPS) is 14.9. The van der Waals surface area contributed by atoms with Crippen molar-refractivity contribution in [3.8, 4) is 0 Å². The molecule has 3 heterocycles. The Morgan fingerprint density at radius 2 is 0.667 bits per heavy atom. The van der Waals surface area contributed by atoms with Crippen molar-refractivity contribution in [2.45, 2.75) is 25.7 Å². The van der Waals surface area contributed by atoms with Gasteiger partial charge in [-0.25, -0.2) is 9.97 Å². The minimum absolute atomic E-state index is 0. The number of quaternary nitrogens is 2. The highest BCUT2D eigenvalue weighted by Gasteiger charge is 2.13. The number of hydrogen-bond donors (Lipinski definition) is 10. The average Bonchev–Trinajstić information content (AvgIpc) is 3.00. The minimum Gasteiger partial charge on any atom is -0.756 e. The fourth-order valence-corrected chi connectivity index (χ4v) is 3.82. The molecule has 2 aromatic heterocycles. The van der Waals surface area contributed by atoms with E-state index in [1.165, 1.54) is 0 Å². The van der Waals surface area contributed by atoms with E-state index in [1.807, 2.05) is 0 Å². The lowest BCUT2D eigenvalue weighted by Crippen LogP contribution is -2.84. The molecular weight excluding hydrogens is 774 g/mol. The van der Waals surface area contributed by atoms with Crippen LogP contribution in [0.5, 0.6) is 0 Å². The largest absolute Gasteiger partial charge is 0.756 e. The standard InChI is InChI=1S/C26H36N8O4.2H3O4P.6H2O/c35-23-19-7-1-8-20(33-19)24(36)30-16-4-12-28-14-6-18-32-26(38)22-10-2-9-21(34-22)25(37)31-17-5-13-27-11-3-15-29-23;2*1-5(2,3)4;;;;;;/h1-2,7-10,27-28H,3-6,11-18H2,(H,29,35)(H,30,36)(H,31,37)(H,32,38);2*(H3,1,2,3,4);6*1H2. The molecule has 0 unspecified atom stereocenters. The second-order valence-electron chi connectivity index (χ2n) is 9.97. The number of aromatic nitrogens is 2. The first-order valence-electron chi connectivity index (χ1n) is 14.8. The van der Waals surface area contributed by atoms with E-state index in [0.29, 0.717) is 26.2 Å². The van der Waals surface area contributed by atoms with Gasteiger partial charge in [0.1, 0.15) is 22.8 Å². The van der Waals surface area contributed by atoms with Crippen molar-refractivity contribution in [3.05, 3.63) is 59.2 Å². The van der Waals surface area contributed by atoms with Gasteiger partial charge in [-0.3, -0.25) is 28.3 Å². The van der Waals surface area contributed by atoms with Gasteiger partial charge in [0.05, 0.1) is 26.2 Å². The van der Waals surface area contributed by atoms with Gasteiger partial charge in [0.15, 0.2) is 0 Å². The van der Waals surface area contributed by atoms with Crippen LogP contribution in [-0.4, -0.2) is 138 Å². The number of nitrogens with one attached hydrogen (secondary N) is 4. The molecular formula is C26H54N8O18P2. The SMILES string of the molecule is O.O.O.O.O.O.O=C1NCCC[NH2+]CCCNC(=O)c2cccc(n2)C(=O)NCCC[NH2+]CCCNC(=O)c2cccc1n2.O=P([O-])(O)O.O=P([O-])(O)O. The summed E-state index contributed by atoms with van der Waals surface area (Å²) in [7, 11) is -9.78. The van der Waals surface area contributed by atoms with Crippen LogP contribution in [0.4, 0.5) is 0 Å². The number of carbonyl (C=O) groups is 4. The van der Waals surface area contributed by atoms with Crippen LogP contribution in [0.3, 0.4) is 0 Å². The number of phosphoric acid groups is 2. The average molecular weight is 829 g/mol. The van der Waals surface area contributed by atoms with Gasteiger partial charge in [-0.2, -0.15) is 0 Å². The number of carbonyl (C=O) groups excluding carboxylic acids is 4. The first kappa shape index (κ1) is 62.1. The molecule has 0 spiro atoms. The second kappa shape index (κ2) is 33.6. The summed E-state index contributed by atoms with van der Waals surface area (Å²) in [5.74, 6) is -1.23. The molecule has 28 heteroatoms.